The summed E-state index contributed by atoms with van der Waals surface area (Å²) in [5, 5.41) is 14.7. The molecular formula is C21H20N6O3. The fraction of sp³-hybridized carbons (Fsp3) is 0.143. The third-order valence-corrected chi connectivity index (χ3v) is 5.03. The maximum Gasteiger partial charge on any atom is 0.254 e. The van der Waals surface area contributed by atoms with Crippen molar-refractivity contribution in [2.24, 2.45) is 5.73 Å². The molecule has 1 aromatic carbocycles. The van der Waals surface area contributed by atoms with Gasteiger partial charge in [0.1, 0.15) is 17.1 Å². The van der Waals surface area contributed by atoms with E-state index in [1.165, 1.54) is 11.6 Å². The van der Waals surface area contributed by atoms with E-state index in [1.54, 1.807) is 43.6 Å². The third-order valence-electron chi connectivity index (χ3n) is 5.03. The number of aryl methyl sites for hydroxylation is 1. The van der Waals surface area contributed by atoms with Gasteiger partial charge in [-0.25, -0.2) is 14.5 Å². The number of phenols is 1. The minimum absolute atomic E-state index is 0.0447. The Morgan fingerprint density at radius 1 is 1.23 bits per heavy atom. The van der Waals surface area contributed by atoms with Gasteiger partial charge in [-0.3, -0.25) is 4.79 Å². The van der Waals surface area contributed by atoms with Crippen molar-refractivity contribution in [3.05, 3.63) is 53.3 Å². The molecule has 3 aromatic heterocycles. The molecule has 0 aliphatic heterocycles. The highest BCUT2D eigenvalue weighted by Crippen LogP contribution is 2.38. The number of amides is 1. The molecule has 1 amide bonds. The summed E-state index contributed by atoms with van der Waals surface area (Å²) in [4.78, 5) is 21.0. The summed E-state index contributed by atoms with van der Waals surface area (Å²) in [5.74, 6) is 0.132. The minimum Gasteiger partial charge on any atom is -0.508 e. The normalized spacial score (nSPS) is 11.0. The van der Waals surface area contributed by atoms with Crippen LogP contribution in [0, 0.1) is 13.8 Å². The van der Waals surface area contributed by atoms with Crippen molar-refractivity contribution in [3.63, 3.8) is 0 Å². The van der Waals surface area contributed by atoms with Crippen LogP contribution in [-0.2, 0) is 0 Å². The van der Waals surface area contributed by atoms with Gasteiger partial charge in [-0.15, -0.1) is 5.10 Å². The first kappa shape index (κ1) is 19.2. The summed E-state index contributed by atoms with van der Waals surface area (Å²) < 4.78 is 6.78. The monoisotopic (exact) mass is 404 g/mol. The average molecular weight is 404 g/mol. The molecule has 5 N–H and O–H groups in total. The SMILES string of the molecule is COc1cccnc1-c1nc2c(C(N)=O)c(N)c(-c3c(C)ccc(O)c3C)cn2n1. The van der Waals surface area contributed by atoms with Crippen LogP contribution in [0.4, 0.5) is 5.69 Å². The van der Waals surface area contributed by atoms with E-state index >= 15 is 0 Å². The van der Waals surface area contributed by atoms with Crippen LogP contribution in [0.15, 0.2) is 36.7 Å². The molecule has 0 fully saturated rings. The maximum absolute atomic E-state index is 12.3. The van der Waals surface area contributed by atoms with Gasteiger partial charge in [0, 0.05) is 18.0 Å². The van der Waals surface area contributed by atoms with Crippen molar-refractivity contribution in [1.82, 2.24) is 19.6 Å². The van der Waals surface area contributed by atoms with Crippen molar-refractivity contribution in [1.29, 1.82) is 0 Å². The van der Waals surface area contributed by atoms with Crippen molar-refractivity contribution in [3.8, 4) is 34.1 Å². The molecule has 0 saturated carbocycles. The standard InChI is InChI=1S/C21H20N6O3/c1-10-6-7-13(28)11(2)15(10)12-9-27-21(16(17(12)22)19(23)29)25-20(26-27)18-14(30-3)5-4-8-24-18/h4-9,28H,22H2,1-3H3,(H2,23,29). The van der Waals surface area contributed by atoms with Gasteiger partial charge in [0.15, 0.2) is 11.3 Å². The number of ether oxygens (including phenoxy) is 1. The number of hydrogen-bond acceptors (Lipinski definition) is 7. The summed E-state index contributed by atoms with van der Waals surface area (Å²) in [6, 6.07) is 6.86. The van der Waals surface area contributed by atoms with E-state index in [1.807, 2.05) is 6.92 Å². The Kier molecular flexibility index (Phi) is 4.50. The summed E-state index contributed by atoms with van der Waals surface area (Å²) in [7, 11) is 1.52. The fourth-order valence-electron chi connectivity index (χ4n) is 3.55. The zero-order valence-corrected chi connectivity index (χ0v) is 16.7. The maximum atomic E-state index is 12.3. The van der Waals surface area contributed by atoms with E-state index in [2.05, 4.69) is 15.1 Å². The second-order valence-electron chi connectivity index (χ2n) is 6.86. The van der Waals surface area contributed by atoms with Gasteiger partial charge in [0.25, 0.3) is 5.91 Å². The molecule has 0 radical (unpaired) electrons. The number of phenolic OH excluding ortho intramolecular Hbond substituents is 1. The first-order chi connectivity index (χ1) is 14.3. The predicted octanol–water partition coefficient (Wildman–Crippen LogP) is 2.47. The Morgan fingerprint density at radius 2 is 2.00 bits per heavy atom. The van der Waals surface area contributed by atoms with Crippen molar-refractivity contribution >= 4 is 17.2 Å². The molecular weight excluding hydrogens is 384 g/mol. The van der Waals surface area contributed by atoms with Crippen LogP contribution in [0.5, 0.6) is 11.5 Å². The smallest absolute Gasteiger partial charge is 0.254 e. The first-order valence-electron chi connectivity index (χ1n) is 9.11. The van der Waals surface area contributed by atoms with Gasteiger partial charge in [0.2, 0.25) is 5.82 Å². The number of pyridine rings is 2. The fourth-order valence-corrected chi connectivity index (χ4v) is 3.55. The Labute approximate surface area is 172 Å². The van der Waals surface area contributed by atoms with Crippen molar-refractivity contribution < 1.29 is 14.6 Å². The highest BCUT2D eigenvalue weighted by Gasteiger charge is 2.23. The number of benzene rings is 1. The number of nitrogens with zero attached hydrogens (tertiary/aromatic N) is 4. The van der Waals surface area contributed by atoms with Gasteiger partial charge >= 0.3 is 0 Å². The summed E-state index contributed by atoms with van der Waals surface area (Å²) >= 11 is 0. The molecule has 152 valence electrons. The van der Waals surface area contributed by atoms with Crippen LogP contribution in [0.25, 0.3) is 28.3 Å². The molecule has 4 aromatic rings. The number of aromatic hydroxyl groups is 1. The van der Waals surface area contributed by atoms with Gasteiger partial charge in [-0.1, -0.05) is 6.07 Å². The number of rotatable bonds is 4. The van der Waals surface area contributed by atoms with Gasteiger partial charge in [-0.05, 0) is 48.7 Å². The van der Waals surface area contributed by atoms with E-state index in [4.69, 9.17) is 16.2 Å². The number of anilines is 1. The highest BCUT2D eigenvalue weighted by molar-refractivity contribution is 6.07. The van der Waals surface area contributed by atoms with Crippen LogP contribution >= 0.6 is 0 Å². The van der Waals surface area contributed by atoms with Crippen molar-refractivity contribution in [2.75, 3.05) is 12.8 Å². The summed E-state index contributed by atoms with van der Waals surface area (Å²) in [5.41, 5.74) is 15.6. The molecule has 0 saturated heterocycles. The Bertz CT molecular complexity index is 1310. The molecule has 4 rings (SSSR count). The molecule has 0 aliphatic rings. The molecule has 0 spiro atoms. The van der Waals surface area contributed by atoms with E-state index in [0.717, 1.165) is 5.56 Å². The van der Waals surface area contributed by atoms with E-state index in [9.17, 15) is 9.90 Å². The van der Waals surface area contributed by atoms with Crippen LogP contribution in [-0.4, -0.2) is 37.7 Å². The number of carbonyl (C=O) groups excluding carboxylic acids is 1. The first-order valence-corrected chi connectivity index (χ1v) is 9.11. The van der Waals surface area contributed by atoms with Crippen LogP contribution in [0.1, 0.15) is 21.5 Å². The summed E-state index contributed by atoms with van der Waals surface area (Å²) in [6.45, 7) is 3.66. The number of carbonyl (C=O) groups is 1. The number of aromatic nitrogens is 4. The Hall–Kier alpha value is -4.14. The number of hydrogen-bond donors (Lipinski definition) is 3. The Balaban J connectivity index is 2.06. The number of primary amides is 1. The van der Waals surface area contributed by atoms with Crippen LogP contribution in [0.2, 0.25) is 0 Å². The predicted molar refractivity (Wildman–Crippen MR) is 112 cm³/mol. The molecule has 30 heavy (non-hydrogen) atoms. The molecule has 0 atom stereocenters. The lowest BCUT2D eigenvalue weighted by molar-refractivity contribution is 0.100. The lowest BCUT2D eigenvalue weighted by Gasteiger charge is -2.15. The van der Waals surface area contributed by atoms with Crippen LogP contribution in [0.3, 0.4) is 0 Å². The molecule has 9 heteroatoms. The molecule has 0 bridgehead atoms. The lowest BCUT2D eigenvalue weighted by Crippen LogP contribution is -2.16. The molecule has 0 aliphatic carbocycles. The van der Waals surface area contributed by atoms with E-state index in [0.29, 0.717) is 28.1 Å². The zero-order valence-electron chi connectivity index (χ0n) is 16.7. The second kappa shape index (κ2) is 7.03. The summed E-state index contributed by atoms with van der Waals surface area (Å²) in [6.07, 6.45) is 3.26. The minimum atomic E-state index is -0.734. The number of fused-ring (bicyclic) bond motifs is 1. The topological polar surface area (TPSA) is 142 Å². The molecule has 0 unspecified atom stereocenters. The quantitative estimate of drug-likeness (QED) is 0.474. The van der Waals surface area contributed by atoms with E-state index in [-0.39, 0.29) is 28.5 Å². The van der Waals surface area contributed by atoms with Gasteiger partial charge < -0.3 is 21.3 Å². The van der Waals surface area contributed by atoms with Gasteiger partial charge in [0.05, 0.1) is 12.8 Å². The third kappa shape index (κ3) is 2.87. The van der Waals surface area contributed by atoms with Gasteiger partial charge in [-0.2, -0.15) is 0 Å². The molecule has 9 nitrogen and oxygen atoms in total. The van der Waals surface area contributed by atoms with Crippen molar-refractivity contribution in [2.45, 2.75) is 13.8 Å². The Morgan fingerprint density at radius 3 is 2.70 bits per heavy atom. The second-order valence-corrected chi connectivity index (χ2v) is 6.86. The van der Waals surface area contributed by atoms with Crippen LogP contribution < -0.4 is 16.2 Å². The number of nitrogen functional groups attached to an aromatic ring is 1. The largest absolute Gasteiger partial charge is 0.508 e. The van der Waals surface area contributed by atoms with E-state index < -0.39 is 5.91 Å². The lowest BCUT2D eigenvalue weighted by atomic mass is 9.93. The highest BCUT2D eigenvalue weighted by atomic mass is 16.5. The average Bonchev–Trinajstić information content (AvgIpc) is 3.14. The molecule has 3 heterocycles. The number of methoxy groups -OCH3 is 1. The number of nitrogens with two attached hydrogens (primary N) is 2. The zero-order chi connectivity index (χ0) is 21.6.